The Labute approximate surface area is 99.5 Å². The third-order valence-electron chi connectivity index (χ3n) is 3.09. The van der Waals surface area contributed by atoms with Crippen molar-refractivity contribution in [3.8, 4) is 0 Å². The lowest BCUT2D eigenvalue weighted by Gasteiger charge is -2.30. The molecule has 16 heavy (non-hydrogen) atoms. The Morgan fingerprint density at radius 2 is 2.12 bits per heavy atom. The summed E-state index contributed by atoms with van der Waals surface area (Å²) in [4.78, 5) is 0. The van der Waals surface area contributed by atoms with Gasteiger partial charge in [-0.05, 0) is 45.2 Å². The number of piperidine rings is 1. The molecule has 0 aromatic heterocycles. The van der Waals surface area contributed by atoms with Crippen molar-refractivity contribution < 1.29 is 8.42 Å². The van der Waals surface area contributed by atoms with Crippen molar-refractivity contribution in [2.45, 2.75) is 32.6 Å². The van der Waals surface area contributed by atoms with Gasteiger partial charge in [-0.3, -0.25) is 0 Å². The van der Waals surface area contributed by atoms with Crippen LogP contribution in [0.3, 0.4) is 0 Å². The van der Waals surface area contributed by atoms with E-state index in [0.29, 0.717) is 18.2 Å². The quantitative estimate of drug-likeness (QED) is 0.715. The molecule has 1 heterocycles. The molecule has 4 nitrogen and oxygen atoms in total. The molecule has 0 saturated carbocycles. The smallest absolute Gasteiger partial charge is 0.214 e. The molecule has 1 unspecified atom stereocenters. The monoisotopic (exact) mass is 248 g/mol. The lowest BCUT2D eigenvalue weighted by Crippen LogP contribution is -2.40. The molecule has 0 aliphatic carbocycles. The van der Waals surface area contributed by atoms with Crippen LogP contribution in [0.15, 0.2) is 0 Å². The van der Waals surface area contributed by atoms with E-state index >= 15 is 0 Å². The topological polar surface area (TPSA) is 49.4 Å². The number of hydrogen-bond acceptors (Lipinski definition) is 3. The molecule has 1 saturated heterocycles. The first kappa shape index (κ1) is 13.9. The van der Waals surface area contributed by atoms with Crippen LogP contribution in [0.25, 0.3) is 0 Å². The van der Waals surface area contributed by atoms with Gasteiger partial charge >= 0.3 is 0 Å². The fourth-order valence-corrected chi connectivity index (χ4v) is 3.83. The summed E-state index contributed by atoms with van der Waals surface area (Å²) in [5.41, 5.74) is 0. The Hall–Kier alpha value is -0.130. The molecule has 1 aliphatic heterocycles. The lowest BCUT2D eigenvalue weighted by molar-refractivity contribution is 0.281. The first-order valence-corrected chi connectivity index (χ1v) is 7.79. The summed E-state index contributed by atoms with van der Waals surface area (Å²) < 4.78 is 25.7. The van der Waals surface area contributed by atoms with Crippen molar-refractivity contribution in [1.29, 1.82) is 0 Å². The van der Waals surface area contributed by atoms with Gasteiger partial charge in [-0.2, -0.15) is 0 Å². The van der Waals surface area contributed by atoms with Gasteiger partial charge < -0.3 is 5.32 Å². The van der Waals surface area contributed by atoms with Crippen molar-refractivity contribution in [3.05, 3.63) is 0 Å². The fourth-order valence-electron chi connectivity index (χ4n) is 2.11. The standard InChI is InChI=1S/C11H24N2O2S/c1-11-6-5-8-13(10-11)16(14,15)9-4-3-7-12-2/h11-12H,3-10H2,1-2H3. The average molecular weight is 248 g/mol. The van der Waals surface area contributed by atoms with Crippen LogP contribution in [0.4, 0.5) is 0 Å². The summed E-state index contributed by atoms with van der Waals surface area (Å²) in [6, 6.07) is 0. The molecule has 0 aromatic carbocycles. The van der Waals surface area contributed by atoms with E-state index in [9.17, 15) is 8.42 Å². The summed E-state index contributed by atoms with van der Waals surface area (Å²) in [6.45, 7) is 4.46. The number of hydrogen-bond donors (Lipinski definition) is 1. The van der Waals surface area contributed by atoms with E-state index in [1.807, 2.05) is 7.05 Å². The van der Waals surface area contributed by atoms with Crippen molar-refractivity contribution in [1.82, 2.24) is 9.62 Å². The molecule has 5 heteroatoms. The number of nitrogens with one attached hydrogen (secondary N) is 1. The van der Waals surface area contributed by atoms with E-state index in [1.165, 1.54) is 0 Å². The molecular weight excluding hydrogens is 224 g/mol. The first-order valence-electron chi connectivity index (χ1n) is 6.18. The molecule has 0 amide bonds. The predicted octanol–water partition coefficient (Wildman–Crippen LogP) is 1.05. The molecule has 0 spiro atoms. The summed E-state index contributed by atoms with van der Waals surface area (Å²) in [6.07, 6.45) is 3.86. The summed E-state index contributed by atoms with van der Waals surface area (Å²) in [7, 11) is -1.10. The van der Waals surface area contributed by atoms with E-state index in [2.05, 4.69) is 12.2 Å². The largest absolute Gasteiger partial charge is 0.320 e. The molecule has 1 rings (SSSR count). The van der Waals surface area contributed by atoms with E-state index in [-0.39, 0.29) is 0 Å². The van der Waals surface area contributed by atoms with Crippen LogP contribution in [0, 0.1) is 5.92 Å². The van der Waals surface area contributed by atoms with Gasteiger partial charge in [0.05, 0.1) is 5.75 Å². The minimum Gasteiger partial charge on any atom is -0.320 e. The second-order valence-corrected chi connectivity index (χ2v) is 6.82. The van der Waals surface area contributed by atoms with Crippen LogP contribution in [0.1, 0.15) is 32.6 Å². The van der Waals surface area contributed by atoms with Crippen LogP contribution in [0.2, 0.25) is 0 Å². The fraction of sp³-hybridized carbons (Fsp3) is 1.00. The molecule has 0 radical (unpaired) electrons. The maximum atomic E-state index is 12.0. The Kier molecular flexibility index (Phi) is 5.72. The highest BCUT2D eigenvalue weighted by molar-refractivity contribution is 7.89. The maximum absolute atomic E-state index is 12.0. The van der Waals surface area contributed by atoms with Gasteiger partial charge in [-0.25, -0.2) is 12.7 Å². The molecular formula is C11H24N2O2S. The highest BCUT2D eigenvalue weighted by Gasteiger charge is 2.26. The zero-order valence-corrected chi connectivity index (χ0v) is 11.2. The van der Waals surface area contributed by atoms with Crippen LogP contribution < -0.4 is 5.32 Å². The van der Waals surface area contributed by atoms with Gasteiger partial charge in [0.25, 0.3) is 0 Å². The van der Waals surface area contributed by atoms with Gasteiger partial charge in [0.1, 0.15) is 0 Å². The number of sulfonamides is 1. The zero-order valence-electron chi connectivity index (χ0n) is 10.4. The Morgan fingerprint density at radius 3 is 2.75 bits per heavy atom. The SMILES string of the molecule is CNCCCCS(=O)(=O)N1CCCC(C)C1. The van der Waals surface area contributed by atoms with Gasteiger partial charge in [0.15, 0.2) is 0 Å². The molecule has 0 bridgehead atoms. The predicted molar refractivity (Wildman–Crippen MR) is 66.9 cm³/mol. The van der Waals surface area contributed by atoms with Gasteiger partial charge in [-0.15, -0.1) is 0 Å². The maximum Gasteiger partial charge on any atom is 0.214 e. The van der Waals surface area contributed by atoms with E-state index < -0.39 is 10.0 Å². The normalized spacial score (nSPS) is 23.5. The van der Waals surface area contributed by atoms with Crippen molar-refractivity contribution in [2.75, 3.05) is 32.4 Å². The summed E-state index contributed by atoms with van der Waals surface area (Å²) in [5.74, 6) is 0.822. The van der Waals surface area contributed by atoms with Gasteiger partial charge in [0, 0.05) is 13.1 Å². The summed E-state index contributed by atoms with van der Waals surface area (Å²) in [5, 5.41) is 3.03. The molecule has 0 aromatic rings. The van der Waals surface area contributed by atoms with Crippen molar-refractivity contribution in [2.24, 2.45) is 5.92 Å². The van der Waals surface area contributed by atoms with Crippen LogP contribution in [-0.2, 0) is 10.0 Å². The summed E-state index contributed by atoms with van der Waals surface area (Å²) >= 11 is 0. The van der Waals surface area contributed by atoms with Crippen LogP contribution >= 0.6 is 0 Å². The highest BCUT2D eigenvalue weighted by Crippen LogP contribution is 2.19. The molecule has 1 atom stereocenters. The molecule has 1 fully saturated rings. The van der Waals surface area contributed by atoms with E-state index in [0.717, 1.165) is 38.8 Å². The second kappa shape index (κ2) is 6.57. The third kappa shape index (κ3) is 4.39. The van der Waals surface area contributed by atoms with Gasteiger partial charge in [-0.1, -0.05) is 6.92 Å². The lowest BCUT2D eigenvalue weighted by atomic mass is 10.0. The minimum absolute atomic E-state index is 0.307. The average Bonchev–Trinajstić information content (AvgIpc) is 2.24. The van der Waals surface area contributed by atoms with E-state index in [4.69, 9.17) is 0 Å². The Morgan fingerprint density at radius 1 is 1.38 bits per heavy atom. The number of unbranched alkanes of at least 4 members (excludes halogenated alkanes) is 1. The van der Waals surface area contributed by atoms with Crippen molar-refractivity contribution >= 4 is 10.0 Å². The second-order valence-electron chi connectivity index (χ2n) is 4.73. The van der Waals surface area contributed by atoms with Gasteiger partial charge in [0.2, 0.25) is 10.0 Å². The molecule has 1 N–H and O–H groups in total. The molecule has 96 valence electrons. The van der Waals surface area contributed by atoms with Crippen molar-refractivity contribution in [3.63, 3.8) is 0 Å². The Bertz CT molecular complexity index is 290. The highest BCUT2D eigenvalue weighted by atomic mass is 32.2. The van der Waals surface area contributed by atoms with E-state index in [1.54, 1.807) is 4.31 Å². The molecule has 1 aliphatic rings. The number of rotatable bonds is 6. The Balaban J connectivity index is 2.37. The zero-order chi connectivity index (χ0) is 12.0. The van der Waals surface area contributed by atoms with Crippen LogP contribution in [-0.4, -0.2) is 45.2 Å². The minimum atomic E-state index is -2.99. The van der Waals surface area contributed by atoms with Crippen LogP contribution in [0.5, 0.6) is 0 Å². The number of nitrogens with zero attached hydrogens (tertiary/aromatic N) is 1. The third-order valence-corrected chi connectivity index (χ3v) is 5.02. The first-order chi connectivity index (χ1) is 7.56.